The molecule has 0 heterocycles. The molecule has 2 aliphatic carbocycles. The summed E-state index contributed by atoms with van der Waals surface area (Å²) in [5.74, 6) is 0.734. The van der Waals surface area contributed by atoms with Crippen LogP contribution in [0.5, 0.6) is 0 Å². The van der Waals surface area contributed by atoms with Gasteiger partial charge in [-0.15, -0.1) is 0 Å². The van der Waals surface area contributed by atoms with Crippen LogP contribution in [-0.2, 0) is 4.79 Å². The maximum atomic E-state index is 12.9. The highest BCUT2D eigenvalue weighted by molar-refractivity contribution is 5.88. The van der Waals surface area contributed by atoms with Crippen LogP contribution in [0.4, 0.5) is 4.39 Å². The maximum absolute atomic E-state index is 12.9. The van der Waals surface area contributed by atoms with Crippen LogP contribution in [-0.4, -0.2) is 12.0 Å². The predicted octanol–water partition coefficient (Wildman–Crippen LogP) is 3.27. The van der Waals surface area contributed by atoms with Crippen LogP contribution in [0.15, 0.2) is 0 Å². The Bertz CT molecular complexity index is 232. The van der Waals surface area contributed by atoms with Crippen molar-refractivity contribution in [3.63, 3.8) is 0 Å². The average Bonchev–Trinajstić information content (AvgIpc) is 2.78. The summed E-state index contributed by atoms with van der Waals surface area (Å²) in [6, 6.07) is 0. The fraction of sp³-hybridized carbons (Fsp3) is 0.917. The molecule has 0 N–H and O–H groups in total. The normalized spacial score (nSPS) is 38.3. The van der Waals surface area contributed by atoms with Gasteiger partial charge in [0, 0.05) is 6.42 Å². The van der Waals surface area contributed by atoms with E-state index in [1.165, 1.54) is 32.1 Å². The molecule has 2 heteroatoms. The molecule has 14 heavy (non-hydrogen) atoms. The molecule has 0 aliphatic heterocycles. The van der Waals surface area contributed by atoms with Crippen molar-refractivity contribution in [3.05, 3.63) is 0 Å². The first-order valence-corrected chi connectivity index (χ1v) is 5.80. The van der Waals surface area contributed by atoms with Crippen molar-refractivity contribution in [2.24, 2.45) is 11.3 Å². The third kappa shape index (κ3) is 1.84. The third-order valence-electron chi connectivity index (χ3n) is 3.97. The number of hydrogen-bond acceptors (Lipinski definition) is 1. The van der Waals surface area contributed by atoms with Crippen LogP contribution in [0.3, 0.4) is 0 Å². The standard InChI is InChI=1S/C12H19FO/c1-12(8-10(12)13)11(14)7-9-5-3-2-4-6-9/h9-10H,2-8H2,1H3. The Labute approximate surface area is 85.1 Å². The maximum Gasteiger partial charge on any atom is 0.142 e. The van der Waals surface area contributed by atoms with E-state index in [9.17, 15) is 9.18 Å². The van der Waals surface area contributed by atoms with Crippen LogP contribution < -0.4 is 0 Å². The molecular weight excluding hydrogens is 179 g/mol. The van der Waals surface area contributed by atoms with E-state index >= 15 is 0 Å². The summed E-state index contributed by atoms with van der Waals surface area (Å²) in [5, 5.41) is 0. The smallest absolute Gasteiger partial charge is 0.142 e. The van der Waals surface area contributed by atoms with Gasteiger partial charge < -0.3 is 0 Å². The molecule has 2 unspecified atom stereocenters. The van der Waals surface area contributed by atoms with Crippen LogP contribution >= 0.6 is 0 Å². The zero-order chi connectivity index (χ0) is 10.2. The van der Waals surface area contributed by atoms with Gasteiger partial charge in [-0.3, -0.25) is 4.79 Å². The summed E-state index contributed by atoms with van der Waals surface area (Å²) < 4.78 is 12.9. The van der Waals surface area contributed by atoms with Crippen molar-refractivity contribution in [2.45, 2.75) is 58.0 Å². The van der Waals surface area contributed by atoms with E-state index in [-0.39, 0.29) is 5.78 Å². The monoisotopic (exact) mass is 198 g/mol. The molecule has 2 fully saturated rings. The third-order valence-corrected chi connectivity index (χ3v) is 3.97. The Morgan fingerprint density at radius 2 is 1.93 bits per heavy atom. The van der Waals surface area contributed by atoms with Gasteiger partial charge >= 0.3 is 0 Å². The van der Waals surface area contributed by atoms with Crippen molar-refractivity contribution in [1.29, 1.82) is 0 Å². The van der Waals surface area contributed by atoms with Gasteiger partial charge in [0.1, 0.15) is 12.0 Å². The molecule has 2 atom stereocenters. The molecule has 0 radical (unpaired) electrons. The zero-order valence-corrected chi connectivity index (χ0v) is 8.89. The summed E-state index contributed by atoms with van der Waals surface area (Å²) in [4.78, 5) is 11.8. The lowest BCUT2D eigenvalue weighted by atomic mass is 9.83. The zero-order valence-electron chi connectivity index (χ0n) is 8.89. The Hall–Kier alpha value is -0.400. The minimum Gasteiger partial charge on any atom is -0.299 e. The van der Waals surface area contributed by atoms with Crippen LogP contribution in [0, 0.1) is 11.3 Å². The van der Waals surface area contributed by atoms with Gasteiger partial charge in [0.2, 0.25) is 0 Å². The average molecular weight is 198 g/mol. The van der Waals surface area contributed by atoms with E-state index in [1.807, 2.05) is 0 Å². The molecule has 0 spiro atoms. The topological polar surface area (TPSA) is 17.1 Å². The summed E-state index contributed by atoms with van der Waals surface area (Å²) in [5.41, 5.74) is -0.586. The van der Waals surface area contributed by atoms with Crippen molar-refractivity contribution >= 4 is 5.78 Å². The highest BCUT2D eigenvalue weighted by Crippen LogP contribution is 2.50. The lowest BCUT2D eigenvalue weighted by Crippen LogP contribution is -2.20. The van der Waals surface area contributed by atoms with E-state index in [4.69, 9.17) is 0 Å². The number of halogens is 1. The van der Waals surface area contributed by atoms with Gasteiger partial charge in [-0.1, -0.05) is 32.1 Å². The van der Waals surface area contributed by atoms with Crippen molar-refractivity contribution < 1.29 is 9.18 Å². The highest BCUT2D eigenvalue weighted by atomic mass is 19.1. The Kier molecular flexibility index (Phi) is 2.63. The first kappa shape index (κ1) is 10.1. The summed E-state index contributed by atoms with van der Waals surface area (Å²) in [6.07, 6.45) is 6.45. The number of alkyl halides is 1. The van der Waals surface area contributed by atoms with Crippen molar-refractivity contribution in [3.8, 4) is 0 Å². The quantitative estimate of drug-likeness (QED) is 0.680. The second-order valence-electron chi connectivity index (χ2n) is 5.22. The second-order valence-corrected chi connectivity index (χ2v) is 5.22. The van der Waals surface area contributed by atoms with Gasteiger partial charge in [-0.05, 0) is 19.3 Å². The first-order chi connectivity index (χ1) is 6.63. The summed E-state index contributed by atoms with van der Waals surface area (Å²) in [7, 11) is 0. The van der Waals surface area contributed by atoms with Gasteiger partial charge in [-0.25, -0.2) is 4.39 Å². The van der Waals surface area contributed by atoms with Crippen LogP contribution in [0.1, 0.15) is 51.9 Å². The number of carbonyl (C=O) groups is 1. The molecule has 0 amide bonds. The minimum atomic E-state index is -0.849. The van der Waals surface area contributed by atoms with Crippen LogP contribution in [0.2, 0.25) is 0 Å². The van der Waals surface area contributed by atoms with Gasteiger partial charge in [0.15, 0.2) is 0 Å². The first-order valence-electron chi connectivity index (χ1n) is 5.80. The fourth-order valence-corrected chi connectivity index (χ4v) is 2.49. The Morgan fingerprint density at radius 3 is 2.43 bits per heavy atom. The predicted molar refractivity (Wildman–Crippen MR) is 53.8 cm³/mol. The van der Waals surface area contributed by atoms with Crippen molar-refractivity contribution in [2.75, 3.05) is 0 Å². The molecular formula is C12H19FO. The molecule has 2 aliphatic rings. The van der Waals surface area contributed by atoms with E-state index in [2.05, 4.69) is 0 Å². The molecule has 0 aromatic rings. The van der Waals surface area contributed by atoms with Crippen molar-refractivity contribution in [1.82, 2.24) is 0 Å². The highest BCUT2D eigenvalue weighted by Gasteiger charge is 2.56. The molecule has 0 aromatic heterocycles. The Morgan fingerprint density at radius 1 is 1.36 bits per heavy atom. The largest absolute Gasteiger partial charge is 0.299 e. The molecule has 0 saturated heterocycles. The van der Waals surface area contributed by atoms with E-state index in [0.29, 0.717) is 18.8 Å². The SMILES string of the molecule is CC1(C(=O)CC2CCCCC2)CC1F. The van der Waals surface area contributed by atoms with Crippen LogP contribution in [0.25, 0.3) is 0 Å². The number of hydrogen-bond donors (Lipinski definition) is 0. The lowest BCUT2D eigenvalue weighted by Gasteiger charge is -2.22. The minimum absolute atomic E-state index is 0.178. The molecule has 2 saturated carbocycles. The summed E-state index contributed by atoms with van der Waals surface area (Å²) >= 11 is 0. The second kappa shape index (κ2) is 3.63. The number of carbonyl (C=O) groups excluding carboxylic acids is 1. The van der Waals surface area contributed by atoms with Gasteiger partial charge in [0.25, 0.3) is 0 Å². The van der Waals surface area contributed by atoms with E-state index < -0.39 is 11.6 Å². The number of ketones is 1. The molecule has 2 rings (SSSR count). The Balaban J connectivity index is 1.82. The van der Waals surface area contributed by atoms with Gasteiger partial charge in [0.05, 0.1) is 5.41 Å². The lowest BCUT2D eigenvalue weighted by molar-refractivity contribution is -0.125. The molecule has 1 nitrogen and oxygen atoms in total. The van der Waals surface area contributed by atoms with E-state index in [1.54, 1.807) is 6.92 Å². The number of Topliss-reactive ketones (excluding diaryl/α,β-unsaturated/α-hetero) is 1. The molecule has 80 valence electrons. The van der Waals surface area contributed by atoms with E-state index in [0.717, 1.165) is 0 Å². The van der Waals surface area contributed by atoms with Gasteiger partial charge in [-0.2, -0.15) is 0 Å². The summed E-state index contributed by atoms with van der Waals surface area (Å²) in [6.45, 7) is 1.78. The number of rotatable bonds is 3. The fourth-order valence-electron chi connectivity index (χ4n) is 2.49. The molecule has 0 bridgehead atoms. The molecule has 0 aromatic carbocycles.